The summed E-state index contributed by atoms with van der Waals surface area (Å²) in [6, 6.07) is 2.67. The number of carbonyl (C=O) groups is 1. The van der Waals surface area contributed by atoms with Gasteiger partial charge < -0.3 is 9.80 Å². The highest BCUT2D eigenvalue weighted by atomic mass is 16.2. The number of nitrogens with zero attached hydrogens (tertiary/aromatic N) is 3. The monoisotopic (exact) mass is 277 g/mol. The van der Waals surface area contributed by atoms with Crippen molar-refractivity contribution in [3.8, 4) is 6.07 Å². The Morgan fingerprint density at radius 2 is 2.10 bits per heavy atom. The molecule has 2 unspecified atom stereocenters. The summed E-state index contributed by atoms with van der Waals surface area (Å²) in [7, 11) is 0. The summed E-state index contributed by atoms with van der Waals surface area (Å²) in [5.74, 6) is 0.535. The van der Waals surface area contributed by atoms with Gasteiger partial charge in [0.25, 0.3) is 0 Å². The molecule has 0 spiro atoms. The van der Waals surface area contributed by atoms with Gasteiger partial charge in [-0.15, -0.1) is 0 Å². The fourth-order valence-electron chi connectivity index (χ4n) is 3.62. The van der Waals surface area contributed by atoms with E-state index in [2.05, 4.69) is 22.8 Å². The Morgan fingerprint density at radius 3 is 2.85 bits per heavy atom. The standard InChI is InChI=1S/C16H27N3O/c1-2-15-8-3-4-12-19(15)16(20)14-7-5-10-18(13-14)11-6-9-17/h14-15H,2-8,10-13H2,1H3. The summed E-state index contributed by atoms with van der Waals surface area (Å²) in [6.45, 7) is 5.86. The Hall–Kier alpha value is -1.08. The van der Waals surface area contributed by atoms with Crippen LogP contribution in [0.25, 0.3) is 0 Å². The van der Waals surface area contributed by atoms with Crippen molar-refractivity contribution < 1.29 is 4.79 Å². The number of rotatable bonds is 4. The summed E-state index contributed by atoms with van der Waals surface area (Å²) in [6.07, 6.45) is 7.36. The fourth-order valence-corrected chi connectivity index (χ4v) is 3.62. The molecule has 0 radical (unpaired) electrons. The van der Waals surface area contributed by atoms with Gasteiger partial charge in [0, 0.05) is 32.1 Å². The van der Waals surface area contributed by atoms with Gasteiger partial charge in [-0.2, -0.15) is 5.26 Å². The Morgan fingerprint density at radius 1 is 1.25 bits per heavy atom. The van der Waals surface area contributed by atoms with Crippen molar-refractivity contribution in [3.05, 3.63) is 0 Å². The predicted octanol–water partition coefficient (Wildman–Crippen LogP) is 2.40. The summed E-state index contributed by atoms with van der Waals surface area (Å²) >= 11 is 0. The van der Waals surface area contributed by atoms with Crippen molar-refractivity contribution in [1.29, 1.82) is 5.26 Å². The zero-order valence-electron chi connectivity index (χ0n) is 12.7. The average molecular weight is 277 g/mol. The molecule has 1 amide bonds. The van der Waals surface area contributed by atoms with E-state index in [1.54, 1.807) is 0 Å². The first-order valence-corrected chi connectivity index (χ1v) is 8.16. The maximum Gasteiger partial charge on any atom is 0.227 e. The smallest absolute Gasteiger partial charge is 0.227 e. The van der Waals surface area contributed by atoms with Gasteiger partial charge in [-0.05, 0) is 45.1 Å². The Labute approximate surface area is 122 Å². The lowest BCUT2D eigenvalue weighted by molar-refractivity contribution is -0.141. The molecule has 112 valence electrons. The molecule has 2 rings (SSSR count). The van der Waals surface area contributed by atoms with Gasteiger partial charge in [-0.1, -0.05) is 6.92 Å². The first-order valence-electron chi connectivity index (χ1n) is 8.16. The lowest BCUT2D eigenvalue weighted by atomic mass is 9.92. The highest BCUT2D eigenvalue weighted by Crippen LogP contribution is 2.25. The maximum atomic E-state index is 12.8. The van der Waals surface area contributed by atoms with E-state index in [9.17, 15) is 4.79 Å². The molecule has 0 bridgehead atoms. The van der Waals surface area contributed by atoms with Crippen LogP contribution >= 0.6 is 0 Å². The van der Waals surface area contributed by atoms with E-state index in [4.69, 9.17) is 5.26 Å². The highest BCUT2D eigenvalue weighted by Gasteiger charge is 2.33. The number of carbonyl (C=O) groups excluding carboxylic acids is 1. The molecule has 0 aliphatic carbocycles. The van der Waals surface area contributed by atoms with Crippen molar-refractivity contribution in [2.75, 3.05) is 26.2 Å². The van der Waals surface area contributed by atoms with E-state index in [1.807, 2.05) is 0 Å². The summed E-state index contributed by atoms with van der Waals surface area (Å²) in [5, 5.41) is 8.69. The minimum absolute atomic E-state index is 0.162. The molecule has 20 heavy (non-hydrogen) atoms. The molecular formula is C16H27N3O. The molecule has 2 saturated heterocycles. The normalized spacial score (nSPS) is 28.1. The second-order valence-electron chi connectivity index (χ2n) is 6.14. The van der Waals surface area contributed by atoms with Crippen LogP contribution in [0.3, 0.4) is 0 Å². The molecule has 2 aliphatic heterocycles. The minimum Gasteiger partial charge on any atom is -0.339 e. The largest absolute Gasteiger partial charge is 0.339 e. The van der Waals surface area contributed by atoms with Gasteiger partial charge in [0.1, 0.15) is 0 Å². The second kappa shape index (κ2) is 7.64. The molecule has 0 saturated carbocycles. The summed E-state index contributed by atoms with van der Waals surface area (Å²) in [4.78, 5) is 17.2. The lowest BCUT2D eigenvalue weighted by Gasteiger charge is -2.40. The quantitative estimate of drug-likeness (QED) is 0.793. The van der Waals surface area contributed by atoms with E-state index in [0.29, 0.717) is 18.4 Å². The van der Waals surface area contributed by atoms with Crippen LogP contribution in [0.1, 0.15) is 51.9 Å². The molecule has 0 N–H and O–H groups in total. The van der Waals surface area contributed by atoms with E-state index in [0.717, 1.165) is 51.9 Å². The zero-order valence-corrected chi connectivity index (χ0v) is 12.7. The first-order chi connectivity index (χ1) is 9.76. The van der Waals surface area contributed by atoms with E-state index >= 15 is 0 Å². The van der Waals surface area contributed by atoms with Crippen LogP contribution in [0, 0.1) is 17.2 Å². The molecule has 0 aromatic rings. The molecule has 2 fully saturated rings. The van der Waals surface area contributed by atoms with Gasteiger partial charge in [-0.3, -0.25) is 4.79 Å². The number of hydrogen-bond acceptors (Lipinski definition) is 3. The van der Waals surface area contributed by atoms with Crippen molar-refractivity contribution in [2.45, 2.75) is 57.9 Å². The molecule has 2 atom stereocenters. The van der Waals surface area contributed by atoms with Gasteiger partial charge in [0.05, 0.1) is 12.0 Å². The number of piperidine rings is 2. The van der Waals surface area contributed by atoms with Crippen LogP contribution in [-0.4, -0.2) is 47.9 Å². The number of amides is 1. The Bertz CT molecular complexity index is 363. The van der Waals surface area contributed by atoms with Crippen molar-refractivity contribution >= 4 is 5.91 Å². The van der Waals surface area contributed by atoms with Crippen LogP contribution in [0.4, 0.5) is 0 Å². The van der Waals surface area contributed by atoms with Crippen molar-refractivity contribution in [2.24, 2.45) is 5.92 Å². The molecular weight excluding hydrogens is 250 g/mol. The molecule has 4 nitrogen and oxygen atoms in total. The van der Waals surface area contributed by atoms with E-state index in [1.165, 1.54) is 12.8 Å². The number of likely N-dealkylation sites (tertiary alicyclic amines) is 2. The van der Waals surface area contributed by atoms with Crippen LogP contribution in [0.5, 0.6) is 0 Å². The zero-order chi connectivity index (χ0) is 14.4. The average Bonchev–Trinajstić information content (AvgIpc) is 2.52. The van der Waals surface area contributed by atoms with E-state index < -0.39 is 0 Å². The number of nitriles is 1. The molecule has 0 aromatic carbocycles. The van der Waals surface area contributed by atoms with E-state index in [-0.39, 0.29) is 5.92 Å². The van der Waals surface area contributed by atoms with Crippen LogP contribution in [0.15, 0.2) is 0 Å². The fraction of sp³-hybridized carbons (Fsp3) is 0.875. The summed E-state index contributed by atoms with van der Waals surface area (Å²) in [5.41, 5.74) is 0. The van der Waals surface area contributed by atoms with Crippen molar-refractivity contribution in [1.82, 2.24) is 9.80 Å². The second-order valence-corrected chi connectivity index (χ2v) is 6.14. The number of hydrogen-bond donors (Lipinski definition) is 0. The Kier molecular flexibility index (Phi) is 5.85. The molecule has 2 heterocycles. The lowest BCUT2D eigenvalue weighted by Crippen LogP contribution is -2.50. The third kappa shape index (κ3) is 3.73. The molecule has 4 heteroatoms. The minimum atomic E-state index is 0.162. The van der Waals surface area contributed by atoms with Gasteiger partial charge in [0.15, 0.2) is 0 Å². The third-order valence-corrected chi connectivity index (χ3v) is 4.78. The van der Waals surface area contributed by atoms with Crippen molar-refractivity contribution in [3.63, 3.8) is 0 Å². The van der Waals surface area contributed by atoms with Gasteiger partial charge in [0.2, 0.25) is 5.91 Å². The predicted molar refractivity (Wildman–Crippen MR) is 79.0 cm³/mol. The van der Waals surface area contributed by atoms with Crippen LogP contribution < -0.4 is 0 Å². The first kappa shape index (κ1) is 15.3. The molecule has 0 aromatic heterocycles. The molecule has 2 aliphatic rings. The topological polar surface area (TPSA) is 47.3 Å². The SMILES string of the molecule is CCC1CCCCN1C(=O)C1CCCN(CCC#N)C1. The maximum absolute atomic E-state index is 12.8. The highest BCUT2D eigenvalue weighted by molar-refractivity contribution is 5.79. The van der Waals surface area contributed by atoms with Crippen LogP contribution in [-0.2, 0) is 4.79 Å². The van der Waals surface area contributed by atoms with Gasteiger partial charge in [-0.25, -0.2) is 0 Å². The van der Waals surface area contributed by atoms with Gasteiger partial charge >= 0.3 is 0 Å². The Balaban J connectivity index is 1.92. The third-order valence-electron chi connectivity index (χ3n) is 4.78. The van der Waals surface area contributed by atoms with Crippen LogP contribution in [0.2, 0.25) is 0 Å². The summed E-state index contributed by atoms with van der Waals surface area (Å²) < 4.78 is 0.